The third kappa shape index (κ3) is 2.69. The van der Waals surface area contributed by atoms with Crippen molar-refractivity contribution in [3.05, 3.63) is 29.6 Å². The van der Waals surface area contributed by atoms with Crippen LogP contribution in [0.2, 0.25) is 0 Å². The average Bonchev–Trinajstić information content (AvgIpc) is 2.20. The Morgan fingerprint density at radius 3 is 2.86 bits per heavy atom. The first-order chi connectivity index (χ1) is 6.36. The van der Waals surface area contributed by atoms with Crippen LogP contribution in [-0.2, 0) is 0 Å². The minimum Gasteiger partial charge on any atom is -0.316 e. The average molecular weight is 213 g/mol. The largest absolute Gasteiger partial charge is 0.316 e. The van der Waals surface area contributed by atoms with Crippen molar-refractivity contribution in [2.24, 2.45) is 0 Å². The Morgan fingerprint density at radius 2 is 2.29 bits per heavy atom. The SMILES string of the molecule is Cc1ccc([C@H]2CCCNC2)cn1.Cl. The summed E-state index contributed by atoms with van der Waals surface area (Å²) < 4.78 is 0. The van der Waals surface area contributed by atoms with Gasteiger partial charge in [0.25, 0.3) is 0 Å². The molecule has 1 aromatic rings. The van der Waals surface area contributed by atoms with Crippen LogP contribution < -0.4 is 5.32 Å². The summed E-state index contributed by atoms with van der Waals surface area (Å²) in [5.74, 6) is 0.682. The lowest BCUT2D eigenvalue weighted by Crippen LogP contribution is -2.28. The highest BCUT2D eigenvalue weighted by Gasteiger charge is 2.14. The molecule has 0 unspecified atom stereocenters. The van der Waals surface area contributed by atoms with E-state index in [1.165, 1.54) is 24.9 Å². The Balaban J connectivity index is 0.000000980. The molecule has 1 aliphatic rings. The van der Waals surface area contributed by atoms with Gasteiger partial charge in [-0.1, -0.05) is 6.07 Å². The molecule has 0 bridgehead atoms. The van der Waals surface area contributed by atoms with Crippen molar-refractivity contribution in [3.63, 3.8) is 0 Å². The van der Waals surface area contributed by atoms with Gasteiger partial charge in [0.15, 0.2) is 0 Å². The van der Waals surface area contributed by atoms with E-state index < -0.39 is 0 Å². The van der Waals surface area contributed by atoms with Crippen LogP contribution in [0.4, 0.5) is 0 Å². The summed E-state index contributed by atoms with van der Waals surface area (Å²) in [5.41, 5.74) is 2.49. The number of piperidine rings is 1. The highest BCUT2D eigenvalue weighted by atomic mass is 35.5. The molecular weight excluding hydrogens is 196 g/mol. The van der Waals surface area contributed by atoms with Crippen molar-refractivity contribution in [1.29, 1.82) is 0 Å². The summed E-state index contributed by atoms with van der Waals surface area (Å²) in [4.78, 5) is 4.33. The molecule has 2 nitrogen and oxygen atoms in total. The molecule has 0 aromatic carbocycles. The highest BCUT2D eigenvalue weighted by Crippen LogP contribution is 2.22. The third-order valence-corrected chi connectivity index (χ3v) is 2.70. The second kappa shape index (κ2) is 5.32. The summed E-state index contributed by atoms with van der Waals surface area (Å²) in [6.45, 7) is 4.32. The van der Waals surface area contributed by atoms with E-state index in [0.717, 1.165) is 12.2 Å². The smallest absolute Gasteiger partial charge is 0.0372 e. The minimum atomic E-state index is 0. The van der Waals surface area contributed by atoms with Crippen molar-refractivity contribution in [2.45, 2.75) is 25.7 Å². The zero-order chi connectivity index (χ0) is 9.10. The van der Waals surface area contributed by atoms with E-state index in [9.17, 15) is 0 Å². The van der Waals surface area contributed by atoms with Gasteiger partial charge in [-0.3, -0.25) is 4.98 Å². The summed E-state index contributed by atoms with van der Waals surface area (Å²) in [6, 6.07) is 4.31. The molecule has 0 saturated carbocycles. The molecule has 1 fully saturated rings. The van der Waals surface area contributed by atoms with Crippen molar-refractivity contribution in [3.8, 4) is 0 Å². The van der Waals surface area contributed by atoms with E-state index in [0.29, 0.717) is 5.92 Å². The van der Waals surface area contributed by atoms with Crippen LogP contribution in [0.25, 0.3) is 0 Å². The predicted molar refractivity (Wildman–Crippen MR) is 61.1 cm³/mol. The summed E-state index contributed by atoms with van der Waals surface area (Å²) in [6.07, 6.45) is 4.61. The van der Waals surface area contributed by atoms with Gasteiger partial charge >= 0.3 is 0 Å². The Kier molecular flexibility index (Phi) is 4.36. The van der Waals surface area contributed by atoms with E-state index in [-0.39, 0.29) is 12.4 Å². The fourth-order valence-electron chi connectivity index (χ4n) is 1.86. The van der Waals surface area contributed by atoms with Crippen LogP contribution in [0.5, 0.6) is 0 Å². The highest BCUT2D eigenvalue weighted by molar-refractivity contribution is 5.85. The van der Waals surface area contributed by atoms with Crippen molar-refractivity contribution in [1.82, 2.24) is 10.3 Å². The molecule has 1 aliphatic heterocycles. The second-order valence-corrected chi connectivity index (χ2v) is 3.78. The van der Waals surface area contributed by atoms with E-state index in [1.54, 1.807) is 0 Å². The van der Waals surface area contributed by atoms with Crippen LogP contribution in [0.1, 0.15) is 30.0 Å². The van der Waals surface area contributed by atoms with Gasteiger partial charge in [-0.2, -0.15) is 0 Å². The number of nitrogens with one attached hydrogen (secondary N) is 1. The van der Waals surface area contributed by atoms with E-state index in [1.807, 2.05) is 13.1 Å². The molecule has 0 aliphatic carbocycles. The molecule has 0 amide bonds. The maximum absolute atomic E-state index is 4.33. The molecule has 1 atom stereocenters. The van der Waals surface area contributed by atoms with Crippen molar-refractivity contribution >= 4 is 12.4 Å². The molecule has 1 saturated heterocycles. The summed E-state index contributed by atoms with van der Waals surface area (Å²) >= 11 is 0. The summed E-state index contributed by atoms with van der Waals surface area (Å²) in [7, 11) is 0. The first-order valence-electron chi connectivity index (χ1n) is 4.99. The number of hydrogen-bond donors (Lipinski definition) is 1. The maximum Gasteiger partial charge on any atom is 0.0372 e. The van der Waals surface area contributed by atoms with Gasteiger partial charge in [0.1, 0.15) is 0 Å². The standard InChI is InChI=1S/C11H16N2.ClH/c1-9-4-5-11(8-13-9)10-3-2-6-12-7-10;/h4-5,8,10,12H,2-3,6-7H2,1H3;1H/t10-;/m0./s1. The van der Waals surface area contributed by atoms with Gasteiger partial charge in [0.2, 0.25) is 0 Å². The molecule has 2 rings (SSSR count). The van der Waals surface area contributed by atoms with Gasteiger partial charge in [-0.25, -0.2) is 0 Å². The first kappa shape index (κ1) is 11.5. The van der Waals surface area contributed by atoms with Gasteiger partial charge < -0.3 is 5.32 Å². The number of aromatic nitrogens is 1. The zero-order valence-electron chi connectivity index (χ0n) is 8.49. The molecule has 0 spiro atoms. The van der Waals surface area contributed by atoms with E-state index in [2.05, 4.69) is 22.4 Å². The first-order valence-corrected chi connectivity index (χ1v) is 4.99. The van der Waals surface area contributed by atoms with E-state index >= 15 is 0 Å². The lowest BCUT2D eigenvalue weighted by atomic mass is 9.93. The Labute approximate surface area is 91.5 Å². The zero-order valence-corrected chi connectivity index (χ0v) is 9.31. The molecule has 0 radical (unpaired) electrons. The van der Waals surface area contributed by atoms with Gasteiger partial charge in [0, 0.05) is 18.4 Å². The second-order valence-electron chi connectivity index (χ2n) is 3.78. The fourth-order valence-corrected chi connectivity index (χ4v) is 1.86. The van der Waals surface area contributed by atoms with E-state index in [4.69, 9.17) is 0 Å². The number of halogens is 1. The molecule has 78 valence electrons. The molecule has 2 heterocycles. The van der Waals surface area contributed by atoms with Crippen LogP contribution in [0.15, 0.2) is 18.3 Å². The van der Waals surface area contributed by atoms with Gasteiger partial charge in [-0.15, -0.1) is 12.4 Å². The number of aryl methyl sites for hydroxylation is 1. The fraction of sp³-hybridized carbons (Fsp3) is 0.545. The number of pyridine rings is 1. The molecule has 1 N–H and O–H groups in total. The van der Waals surface area contributed by atoms with Gasteiger partial charge in [-0.05, 0) is 43.9 Å². The lowest BCUT2D eigenvalue weighted by Gasteiger charge is -2.22. The Bertz CT molecular complexity index is 265. The third-order valence-electron chi connectivity index (χ3n) is 2.70. The molecule has 3 heteroatoms. The number of hydrogen-bond acceptors (Lipinski definition) is 2. The van der Waals surface area contributed by atoms with Crippen LogP contribution in [-0.4, -0.2) is 18.1 Å². The maximum atomic E-state index is 4.33. The predicted octanol–water partition coefficient (Wildman–Crippen LogP) is 2.28. The lowest BCUT2D eigenvalue weighted by molar-refractivity contribution is 0.461. The normalized spacial score (nSPS) is 21.4. The minimum absolute atomic E-state index is 0. The van der Waals surface area contributed by atoms with Gasteiger partial charge in [0.05, 0.1) is 0 Å². The van der Waals surface area contributed by atoms with Crippen LogP contribution >= 0.6 is 12.4 Å². The monoisotopic (exact) mass is 212 g/mol. The molecule has 14 heavy (non-hydrogen) atoms. The van der Waals surface area contributed by atoms with Crippen LogP contribution in [0, 0.1) is 6.92 Å². The van der Waals surface area contributed by atoms with Crippen molar-refractivity contribution < 1.29 is 0 Å². The molecule has 1 aromatic heterocycles. The molecular formula is C11H17ClN2. The number of rotatable bonds is 1. The van der Waals surface area contributed by atoms with Crippen LogP contribution in [0.3, 0.4) is 0 Å². The summed E-state index contributed by atoms with van der Waals surface area (Å²) in [5, 5.41) is 3.42. The Morgan fingerprint density at radius 1 is 1.43 bits per heavy atom. The van der Waals surface area contributed by atoms with Crippen molar-refractivity contribution in [2.75, 3.05) is 13.1 Å². The topological polar surface area (TPSA) is 24.9 Å². The quantitative estimate of drug-likeness (QED) is 0.773. The Hall–Kier alpha value is -0.600. The number of nitrogens with zero attached hydrogens (tertiary/aromatic N) is 1.